The van der Waals surface area contributed by atoms with E-state index in [9.17, 15) is 0 Å². The molecular formula is C10H21N3. The maximum Gasteiger partial charge on any atom is 0.0775 e. The van der Waals surface area contributed by atoms with Crippen LogP contribution in [-0.4, -0.2) is 18.5 Å². The first kappa shape index (κ1) is 12.1. The molecule has 0 aromatic carbocycles. The lowest BCUT2D eigenvalue weighted by Crippen LogP contribution is -2.03. The minimum absolute atomic E-state index is 0.761. The van der Waals surface area contributed by atoms with Crippen molar-refractivity contribution < 1.29 is 0 Å². The van der Waals surface area contributed by atoms with Gasteiger partial charge in [0.15, 0.2) is 0 Å². The third kappa shape index (κ3) is 6.31. The van der Waals surface area contributed by atoms with Gasteiger partial charge in [0.25, 0.3) is 0 Å². The third-order valence-corrected chi connectivity index (χ3v) is 2.22. The van der Waals surface area contributed by atoms with Gasteiger partial charge in [-0.15, -0.1) is 0 Å². The predicted octanol–water partition coefficient (Wildman–Crippen LogP) is 2.22. The van der Waals surface area contributed by atoms with Gasteiger partial charge in [0.1, 0.15) is 0 Å². The van der Waals surface area contributed by atoms with Crippen molar-refractivity contribution in [2.24, 2.45) is 21.9 Å². The zero-order valence-corrected chi connectivity index (χ0v) is 8.95. The van der Waals surface area contributed by atoms with Crippen LogP contribution in [0.15, 0.2) is 10.1 Å². The second kappa shape index (κ2) is 7.77. The van der Waals surface area contributed by atoms with E-state index >= 15 is 0 Å². The maximum absolute atomic E-state index is 5.15. The van der Waals surface area contributed by atoms with Crippen LogP contribution in [0, 0.1) is 5.92 Å². The molecule has 0 aliphatic carbocycles. The molecule has 0 radical (unpaired) electrons. The van der Waals surface area contributed by atoms with Crippen LogP contribution in [0.2, 0.25) is 0 Å². The second-order valence-electron chi connectivity index (χ2n) is 3.31. The van der Waals surface area contributed by atoms with Crippen LogP contribution in [0.5, 0.6) is 0 Å². The van der Waals surface area contributed by atoms with Crippen molar-refractivity contribution in [1.29, 1.82) is 0 Å². The molecule has 0 aliphatic rings. The summed E-state index contributed by atoms with van der Waals surface area (Å²) in [7, 11) is 0. The smallest absolute Gasteiger partial charge is 0.0775 e. The van der Waals surface area contributed by atoms with E-state index in [4.69, 9.17) is 5.84 Å². The number of rotatable bonds is 6. The van der Waals surface area contributed by atoms with E-state index in [0.29, 0.717) is 0 Å². The molecule has 0 spiro atoms. The highest BCUT2D eigenvalue weighted by molar-refractivity contribution is 6.30. The van der Waals surface area contributed by atoms with Gasteiger partial charge in [0.05, 0.1) is 5.71 Å². The van der Waals surface area contributed by atoms with Crippen molar-refractivity contribution in [2.45, 2.75) is 40.0 Å². The SMILES string of the molecule is CCC(C=NCCC(C)CC)=NN. The summed E-state index contributed by atoms with van der Waals surface area (Å²) in [6.07, 6.45) is 5.00. The molecule has 76 valence electrons. The van der Waals surface area contributed by atoms with E-state index in [1.807, 2.05) is 6.92 Å². The van der Waals surface area contributed by atoms with Crippen molar-refractivity contribution in [1.82, 2.24) is 0 Å². The minimum Gasteiger partial charge on any atom is -0.323 e. The normalized spacial score (nSPS) is 15.2. The number of hydrazone groups is 1. The molecule has 0 bridgehead atoms. The van der Waals surface area contributed by atoms with Gasteiger partial charge in [-0.05, 0) is 18.8 Å². The lowest BCUT2D eigenvalue weighted by atomic mass is 10.1. The summed E-state index contributed by atoms with van der Waals surface area (Å²) in [6.45, 7) is 7.35. The van der Waals surface area contributed by atoms with Crippen LogP contribution in [0.25, 0.3) is 0 Å². The lowest BCUT2D eigenvalue weighted by molar-refractivity contribution is 0.525. The summed E-state index contributed by atoms with van der Waals surface area (Å²) in [6, 6.07) is 0. The summed E-state index contributed by atoms with van der Waals surface area (Å²) in [5.74, 6) is 5.91. The fourth-order valence-electron chi connectivity index (χ4n) is 0.885. The molecule has 0 fully saturated rings. The number of nitrogens with two attached hydrogens (primary N) is 1. The van der Waals surface area contributed by atoms with Crippen molar-refractivity contribution in [3.63, 3.8) is 0 Å². The van der Waals surface area contributed by atoms with E-state index in [1.54, 1.807) is 6.21 Å². The zero-order chi connectivity index (χ0) is 10.1. The van der Waals surface area contributed by atoms with Crippen LogP contribution in [0.3, 0.4) is 0 Å². The van der Waals surface area contributed by atoms with Gasteiger partial charge < -0.3 is 5.84 Å². The molecular weight excluding hydrogens is 162 g/mol. The van der Waals surface area contributed by atoms with Crippen molar-refractivity contribution in [3.05, 3.63) is 0 Å². The monoisotopic (exact) mass is 183 g/mol. The number of nitrogens with zero attached hydrogens (tertiary/aromatic N) is 2. The van der Waals surface area contributed by atoms with E-state index in [2.05, 4.69) is 23.9 Å². The highest BCUT2D eigenvalue weighted by Gasteiger charge is 1.96. The number of hydrogen-bond donors (Lipinski definition) is 1. The summed E-state index contributed by atoms with van der Waals surface area (Å²) in [4.78, 5) is 4.27. The molecule has 0 aromatic rings. The van der Waals surface area contributed by atoms with Crippen LogP contribution in [-0.2, 0) is 0 Å². The lowest BCUT2D eigenvalue weighted by Gasteiger charge is -2.03. The average molecular weight is 183 g/mol. The molecule has 0 rings (SSSR count). The summed E-state index contributed by atoms with van der Waals surface area (Å²) >= 11 is 0. The van der Waals surface area contributed by atoms with E-state index in [0.717, 1.165) is 31.0 Å². The van der Waals surface area contributed by atoms with E-state index < -0.39 is 0 Å². The van der Waals surface area contributed by atoms with Gasteiger partial charge in [-0.1, -0.05) is 27.2 Å². The average Bonchev–Trinajstić information content (AvgIpc) is 2.18. The van der Waals surface area contributed by atoms with Gasteiger partial charge in [-0.3, -0.25) is 4.99 Å². The van der Waals surface area contributed by atoms with Crippen LogP contribution in [0.1, 0.15) is 40.0 Å². The molecule has 0 heterocycles. The summed E-state index contributed by atoms with van der Waals surface area (Å²) in [5.41, 5.74) is 0.865. The fraction of sp³-hybridized carbons (Fsp3) is 0.800. The summed E-state index contributed by atoms with van der Waals surface area (Å²) in [5, 5.41) is 3.61. The molecule has 2 N–H and O–H groups in total. The minimum atomic E-state index is 0.761. The zero-order valence-electron chi connectivity index (χ0n) is 8.95. The molecule has 1 atom stereocenters. The molecule has 1 unspecified atom stereocenters. The number of hydrogen-bond acceptors (Lipinski definition) is 3. The molecule has 0 aliphatic heterocycles. The first-order valence-electron chi connectivity index (χ1n) is 5.01. The predicted molar refractivity (Wildman–Crippen MR) is 59.3 cm³/mol. The van der Waals surface area contributed by atoms with Gasteiger partial charge in [-0.25, -0.2) is 0 Å². The molecule has 0 amide bonds. The Morgan fingerprint density at radius 2 is 2.15 bits per heavy atom. The highest BCUT2D eigenvalue weighted by Crippen LogP contribution is 2.05. The molecule has 0 saturated carbocycles. The topological polar surface area (TPSA) is 50.7 Å². The largest absolute Gasteiger partial charge is 0.323 e. The Bertz CT molecular complexity index is 173. The van der Waals surface area contributed by atoms with Crippen LogP contribution >= 0.6 is 0 Å². The Labute approximate surface area is 81.1 Å². The summed E-state index contributed by atoms with van der Waals surface area (Å²) < 4.78 is 0. The standard InChI is InChI=1S/C10H21N3/c1-4-9(3)6-7-12-8-10(5-2)13-11/h8-9H,4-7,11H2,1-3H3. The Morgan fingerprint density at radius 1 is 1.46 bits per heavy atom. The Kier molecular flexibility index (Phi) is 7.26. The molecule has 0 saturated heterocycles. The van der Waals surface area contributed by atoms with Crippen LogP contribution < -0.4 is 5.84 Å². The molecule has 0 aromatic heterocycles. The third-order valence-electron chi connectivity index (χ3n) is 2.22. The highest BCUT2D eigenvalue weighted by atomic mass is 15.1. The second-order valence-corrected chi connectivity index (χ2v) is 3.31. The Hall–Kier alpha value is -0.860. The van der Waals surface area contributed by atoms with Crippen molar-refractivity contribution in [2.75, 3.05) is 6.54 Å². The first-order chi connectivity index (χ1) is 6.24. The number of aliphatic imine (C=N–C) groups is 1. The van der Waals surface area contributed by atoms with Crippen molar-refractivity contribution >= 4 is 11.9 Å². The quantitative estimate of drug-likeness (QED) is 0.383. The molecule has 3 nitrogen and oxygen atoms in total. The van der Waals surface area contributed by atoms with Gasteiger partial charge in [-0.2, -0.15) is 5.10 Å². The van der Waals surface area contributed by atoms with Crippen molar-refractivity contribution in [3.8, 4) is 0 Å². The maximum atomic E-state index is 5.15. The fourth-order valence-corrected chi connectivity index (χ4v) is 0.885. The Balaban J connectivity index is 3.62. The molecule has 13 heavy (non-hydrogen) atoms. The Morgan fingerprint density at radius 3 is 2.62 bits per heavy atom. The van der Waals surface area contributed by atoms with Crippen LogP contribution in [0.4, 0.5) is 0 Å². The van der Waals surface area contributed by atoms with Gasteiger partial charge >= 0.3 is 0 Å². The van der Waals surface area contributed by atoms with Gasteiger partial charge in [0.2, 0.25) is 0 Å². The molecule has 3 heteroatoms. The van der Waals surface area contributed by atoms with E-state index in [1.165, 1.54) is 6.42 Å². The van der Waals surface area contributed by atoms with E-state index in [-0.39, 0.29) is 0 Å². The van der Waals surface area contributed by atoms with Gasteiger partial charge in [0, 0.05) is 12.8 Å². The first-order valence-corrected chi connectivity index (χ1v) is 5.01.